The number of rotatable bonds is 6. The molecule has 0 unspecified atom stereocenters. The van der Waals surface area contributed by atoms with Gasteiger partial charge in [0.2, 0.25) is 5.90 Å². The minimum absolute atomic E-state index is 0.0119. The molecule has 31 heavy (non-hydrogen) atoms. The van der Waals surface area contributed by atoms with Crippen LogP contribution in [0.25, 0.3) is 6.08 Å². The summed E-state index contributed by atoms with van der Waals surface area (Å²) in [7, 11) is 1.50. The molecule has 3 aromatic carbocycles. The number of methoxy groups -OCH3 is 1. The molecule has 5 nitrogen and oxygen atoms in total. The molecule has 0 saturated heterocycles. The molecule has 0 saturated carbocycles. The van der Waals surface area contributed by atoms with Gasteiger partial charge in [0.1, 0.15) is 18.2 Å². The minimum Gasteiger partial charge on any atom is -0.493 e. The lowest BCUT2D eigenvalue weighted by molar-refractivity contribution is -0.129. The standard InChI is InChI=1S/C24H17F2NO4/c1-29-21-11-6-15(13-22(21)30-14-17-4-2-3-5-19(17)26)12-20-24(28)31-23(27-20)16-7-9-18(25)10-8-16/h2-13H,14H2,1H3/b20-12-. The van der Waals surface area contributed by atoms with E-state index in [1.165, 1.54) is 43.5 Å². The lowest BCUT2D eigenvalue weighted by Crippen LogP contribution is -2.05. The van der Waals surface area contributed by atoms with E-state index in [4.69, 9.17) is 14.2 Å². The monoisotopic (exact) mass is 421 g/mol. The average Bonchev–Trinajstić information content (AvgIpc) is 3.14. The van der Waals surface area contributed by atoms with Crippen LogP contribution in [0.1, 0.15) is 16.7 Å². The van der Waals surface area contributed by atoms with E-state index in [-0.39, 0.29) is 24.0 Å². The Labute approximate surface area is 177 Å². The van der Waals surface area contributed by atoms with Gasteiger partial charge in [-0.2, -0.15) is 0 Å². The van der Waals surface area contributed by atoms with Gasteiger partial charge in [-0.05, 0) is 54.1 Å². The summed E-state index contributed by atoms with van der Waals surface area (Å²) >= 11 is 0. The van der Waals surface area contributed by atoms with Crippen molar-refractivity contribution in [1.29, 1.82) is 0 Å². The summed E-state index contributed by atoms with van der Waals surface area (Å²) in [5, 5.41) is 0. The lowest BCUT2D eigenvalue weighted by Gasteiger charge is -2.12. The number of carbonyl (C=O) groups excluding carboxylic acids is 1. The first-order chi connectivity index (χ1) is 15.0. The zero-order valence-corrected chi connectivity index (χ0v) is 16.5. The van der Waals surface area contributed by atoms with E-state index in [1.54, 1.807) is 36.4 Å². The van der Waals surface area contributed by atoms with Crippen LogP contribution in [-0.4, -0.2) is 19.0 Å². The van der Waals surface area contributed by atoms with Gasteiger partial charge in [0, 0.05) is 11.1 Å². The molecule has 1 aliphatic rings. The molecule has 0 bridgehead atoms. The van der Waals surface area contributed by atoms with Crippen molar-refractivity contribution in [2.75, 3.05) is 7.11 Å². The van der Waals surface area contributed by atoms with Gasteiger partial charge in [-0.15, -0.1) is 0 Å². The predicted octanol–water partition coefficient (Wildman–Crippen LogP) is 4.90. The fraction of sp³-hybridized carbons (Fsp3) is 0.0833. The highest BCUT2D eigenvalue weighted by Gasteiger charge is 2.24. The predicted molar refractivity (Wildman–Crippen MR) is 111 cm³/mol. The summed E-state index contributed by atoms with van der Waals surface area (Å²) in [4.78, 5) is 16.4. The van der Waals surface area contributed by atoms with Crippen molar-refractivity contribution in [1.82, 2.24) is 0 Å². The lowest BCUT2D eigenvalue weighted by atomic mass is 10.1. The summed E-state index contributed by atoms with van der Waals surface area (Å²) in [5.74, 6) is -0.441. The molecular formula is C24H17F2NO4. The number of halogens is 2. The number of ether oxygens (including phenoxy) is 3. The minimum atomic E-state index is -0.621. The summed E-state index contributed by atoms with van der Waals surface area (Å²) in [6.45, 7) is 0.0119. The smallest absolute Gasteiger partial charge is 0.363 e. The fourth-order valence-corrected chi connectivity index (χ4v) is 2.95. The second kappa shape index (κ2) is 8.79. The van der Waals surface area contributed by atoms with Crippen LogP contribution in [0.3, 0.4) is 0 Å². The summed E-state index contributed by atoms with van der Waals surface area (Å²) in [6, 6.07) is 16.9. The SMILES string of the molecule is COc1ccc(/C=C2\N=C(c3ccc(F)cc3)OC2=O)cc1OCc1ccccc1F. The first-order valence-electron chi connectivity index (χ1n) is 9.36. The van der Waals surface area contributed by atoms with E-state index >= 15 is 0 Å². The molecular weight excluding hydrogens is 404 g/mol. The van der Waals surface area contributed by atoms with Crippen LogP contribution < -0.4 is 9.47 Å². The van der Waals surface area contributed by atoms with Crippen LogP contribution in [0.5, 0.6) is 11.5 Å². The second-order valence-electron chi connectivity index (χ2n) is 6.63. The van der Waals surface area contributed by atoms with Crippen LogP contribution in [0.2, 0.25) is 0 Å². The van der Waals surface area contributed by atoms with Gasteiger partial charge in [0.25, 0.3) is 0 Å². The third-order valence-corrected chi connectivity index (χ3v) is 4.54. The van der Waals surface area contributed by atoms with Crippen molar-refractivity contribution in [3.8, 4) is 11.5 Å². The quantitative estimate of drug-likeness (QED) is 0.420. The summed E-state index contributed by atoms with van der Waals surface area (Å²) in [6.07, 6.45) is 1.54. The Kier molecular flexibility index (Phi) is 5.75. The van der Waals surface area contributed by atoms with Crippen molar-refractivity contribution >= 4 is 17.9 Å². The van der Waals surface area contributed by atoms with Gasteiger partial charge in [-0.25, -0.2) is 18.6 Å². The zero-order valence-electron chi connectivity index (χ0n) is 16.5. The third kappa shape index (κ3) is 4.61. The van der Waals surface area contributed by atoms with E-state index in [9.17, 15) is 13.6 Å². The normalized spacial score (nSPS) is 14.4. The Morgan fingerprint density at radius 1 is 1.00 bits per heavy atom. The maximum atomic E-state index is 13.9. The van der Waals surface area contributed by atoms with Crippen molar-refractivity contribution in [2.24, 2.45) is 4.99 Å². The first kappa shape index (κ1) is 20.3. The van der Waals surface area contributed by atoms with E-state index in [0.717, 1.165) is 0 Å². The Hall–Kier alpha value is -4.00. The molecule has 0 amide bonds. The van der Waals surface area contributed by atoms with Crippen LogP contribution in [0, 0.1) is 11.6 Å². The highest BCUT2D eigenvalue weighted by Crippen LogP contribution is 2.30. The number of esters is 1. The van der Waals surface area contributed by atoms with Crippen LogP contribution in [0.15, 0.2) is 77.4 Å². The number of hydrogen-bond donors (Lipinski definition) is 0. The van der Waals surface area contributed by atoms with Gasteiger partial charge in [-0.3, -0.25) is 0 Å². The molecule has 0 aromatic heterocycles. The van der Waals surface area contributed by atoms with Crippen LogP contribution in [0.4, 0.5) is 8.78 Å². The zero-order chi connectivity index (χ0) is 21.8. The van der Waals surface area contributed by atoms with E-state index < -0.39 is 11.8 Å². The van der Waals surface area contributed by atoms with Crippen molar-refractivity contribution in [2.45, 2.75) is 6.61 Å². The molecule has 0 N–H and O–H groups in total. The Balaban J connectivity index is 1.58. The largest absolute Gasteiger partial charge is 0.493 e. The molecule has 3 aromatic rings. The molecule has 1 heterocycles. The van der Waals surface area contributed by atoms with Crippen molar-refractivity contribution in [3.63, 3.8) is 0 Å². The molecule has 1 aliphatic heterocycles. The maximum absolute atomic E-state index is 13.9. The highest BCUT2D eigenvalue weighted by molar-refractivity contribution is 6.12. The highest BCUT2D eigenvalue weighted by atomic mass is 19.1. The Bertz CT molecular complexity index is 1190. The second-order valence-corrected chi connectivity index (χ2v) is 6.63. The Morgan fingerprint density at radius 3 is 2.52 bits per heavy atom. The molecule has 0 aliphatic carbocycles. The molecule has 0 fully saturated rings. The van der Waals surface area contributed by atoms with E-state index in [0.29, 0.717) is 28.2 Å². The maximum Gasteiger partial charge on any atom is 0.363 e. The van der Waals surface area contributed by atoms with E-state index in [2.05, 4.69) is 4.99 Å². The Morgan fingerprint density at radius 2 is 1.77 bits per heavy atom. The first-order valence-corrected chi connectivity index (χ1v) is 9.36. The number of cyclic esters (lactones) is 1. The van der Waals surface area contributed by atoms with Crippen LogP contribution >= 0.6 is 0 Å². The van der Waals surface area contributed by atoms with Gasteiger partial charge in [0.15, 0.2) is 17.2 Å². The molecule has 0 atom stereocenters. The fourth-order valence-electron chi connectivity index (χ4n) is 2.95. The third-order valence-electron chi connectivity index (χ3n) is 4.54. The number of benzene rings is 3. The number of aliphatic imine (C=N–C) groups is 1. The van der Waals surface area contributed by atoms with Gasteiger partial charge >= 0.3 is 5.97 Å². The molecule has 7 heteroatoms. The molecule has 156 valence electrons. The molecule has 4 rings (SSSR count). The van der Waals surface area contributed by atoms with Gasteiger partial charge < -0.3 is 14.2 Å². The summed E-state index contributed by atoms with van der Waals surface area (Å²) < 4.78 is 43.2. The topological polar surface area (TPSA) is 57.1 Å². The number of nitrogens with zero attached hydrogens (tertiary/aromatic N) is 1. The van der Waals surface area contributed by atoms with Crippen LogP contribution in [-0.2, 0) is 16.1 Å². The van der Waals surface area contributed by atoms with Gasteiger partial charge in [-0.1, -0.05) is 24.3 Å². The van der Waals surface area contributed by atoms with Crippen molar-refractivity contribution in [3.05, 3.63) is 101 Å². The van der Waals surface area contributed by atoms with Crippen molar-refractivity contribution < 1.29 is 27.8 Å². The van der Waals surface area contributed by atoms with E-state index in [1.807, 2.05) is 0 Å². The molecule has 0 spiro atoms. The average molecular weight is 421 g/mol. The number of hydrogen-bond acceptors (Lipinski definition) is 5. The molecule has 0 radical (unpaired) electrons. The van der Waals surface area contributed by atoms with Gasteiger partial charge in [0.05, 0.1) is 7.11 Å². The summed E-state index contributed by atoms with van der Waals surface area (Å²) in [5.41, 5.74) is 1.59. The number of carbonyl (C=O) groups is 1.